The number of esters is 2. The van der Waals surface area contributed by atoms with Gasteiger partial charge in [0.2, 0.25) is 5.91 Å². The molecule has 160 valence electrons. The van der Waals surface area contributed by atoms with Crippen LogP contribution in [0.4, 0.5) is 11.4 Å². The molecule has 0 aromatic heterocycles. The van der Waals surface area contributed by atoms with Gasteiger partial charge in [-0.05, 0) is 37.3 Å². The second-order valence-electron chi connectivity index (χ2n) is 8.07. The molecule has 2 aromatic carbocycles. The molecule has 1 heterocycles. The third-order valence-corrected chi connectivity index (χ3v) is 6.07. The molecule has 0 spiro atoms. The number of allylic oxidation sites excluding steroid dienone is 1. The van der Waals surface area contributed by atoms with Crippen LogP contribution >= 0.6 is 0 Å². The molecule has 1 fully saturated rings. The minimum absolute atomic E-state index is 0.164. The van der Waals surface area contributed by atoms with Crippen LogP contribution in [0.3, 0.4) is 0 Å². The summed E-state index contributed by atoms with van der Waals surface area (Å²) in [6.45, 7) is 4.99. The first-order chi connectivity index (χ1) is 14.9. The van der Waals surface area contributed by atoms with Gasteiger partial charge in [-0.2, -0.15) is 0 Å². The first-order valence-corrected chi connectivity index (χ1v) is 10.4. The van der Waals surface area contributed by atoms with E-state index in [4.69, 9.17) is 9.47 Å². The van der Waals surface area contributed by atoms with E-state index in [0.717, 1.165) is 11.4 Å². The van der Waals surface area contributed by atoms with Crippen LogP contribution in [-0.2, 0) is 23.9 Å². The number of nitrogens with zero attached hydrogens (tertiary/aromatic N) is 1. The van der Waals surface area contributed by atoms with E-state index in [0.29, 0.717) is 5.76 Å². The van der Waals surface area contributed by atoms with E-state index in [-0.39, 0.29) is 11.8 Å². The summed E-state index contributed by atoms with van der Waals surface area (Å²) in [7, 11) is 0. The van der Waals surface area contributed by atoms with Crippen molar-refractivity contribution in [2.75, 3.05) is 4.90 Å². The van der Waals surface area contributed by atoms with E-state index in [1.165, 1.54) is 6.92 Å². The maximum Gasteiger partial charge on any atom is 0.313 e. The van der Waals surface area contributed by atoms with Gasteiger partial charge in [-0.1, -0.05) is 43.3 Å². The predicted octanol–water partition coefficient (Wildman–Crippen LogP) is 4.24. The molecule has 1 saturated heterocycles. The van der Waals surface area contributed by atoms with Gasteiger partial charge >= 0.3 is 11.9 Å². The molecule has 6 nitrogen and oxygen atoms in total. The lowest BCUT2D eigenvalue weighted by molar-refractivity contribution is -0.143. The van der Waals surface area contributed by atoms with Gasteiger partial charge in [0, 0.05) is 30.1 Å². The molecular formula is C25H25NO5. The molecule has 4 rings (SSSR count). The Hall–Kier alpha value is -3.41. The number of cyclic esters (lactones) is 1. The van der Waals surface area contributed by atoms with E-state index < -0.39 is 35.8 Å². The zero-order valence-electron chi connectivity index (χ0n) is 17.7. The van der Waals surface area contributed by atoms with Gasteiger partial charge in [-0.3, -0.25) is 19.3 Å². The van der Waals surface area contributed by atoms with E-state index in [9.17, 15) is 14.4 Å². The Balaban J connectivity index is 1.81. The Bertz CT molecular complexity index is 977. The summed E-state index contributed by atoms with van der Waals surface area (Å²) in [5.41, 5.74) is 1.45. The molecule has 1 amide bonds. The highest BCUT2D eigenvalue weighted by atomic mass is 16.6. The molecule has 5 atom stereocenters. The van der Waals surface area contributed by atoms with Gasteiger partial charge in [-0.15, -0.1) is 0 Å². The molecule has 31 heavy (non-hydrogen) atoms. The first kappa shape index (κ1) is 20.8. The average Bonchev–Trinajstić information content (AvgIpc) is 3.03. The summed E-state index contributed by atoms with van der Waals surface area (Å²) < 4.78 is 10.9. The Labute approximate surface area is 181 Å². The number of hydrogen-bond donors (Lipinski definition) is 0. The molecule has 1 aliphatic heterocycles. The van der Waals surface area contributed by atoms with Crippen molar-refractivity contribution in [2.24, 2.45) is 23.7 Å². The zero-order chi connectivity index (χ0) is 22.1. The fraction of sp³-hybridized carbons (Fsp3) is 0.320. The molecule has 6 heteroatoms. The quantitative estimate of drug-likeness (QED) is 0.693. The number of rotatable bonds is 4. The van der Waals surface area contributed by atoms with Crippen LogP contribution < -0.4 is 4.90 Å². The van der Waals surface area contributed by atoms with Gasteiger partial charge in [-0.25, -0.2) is 0 Å². The van der Waals surface area contributed by atoms with Crippen LogP contribution in [0.1, 0.15) is 20.8 Å². The van der Waals surface area contributed by atoms with Crippen LogP contribution in [0, 0.1) is 23.7 Å². The molecule has 1 aliphatic carbocycles. The predicted molar refractivity (Wildman–Crippen MR) is 115 cm³/mol. The van der Waals surface area contributed by atoms with Crippen molar-refractivity contribution in [3.8, 4) is 0 Å². The SMILES string of the molecule is CC(=O)OC1=CC2C(=O)OC(C)C2C(C(=O)N(c2ccccc2)c2ccccc2)C1C. The standard InChI is InChI=1S/C25H25NO5/c1-15-21(31-17(3)27)14-20-23(16(2)30-25(20)29)22(15)24(28)26(18-10-6-4-7-11-18)19-12-8-5-9-13-19/h4-16,20,22-23H,1-3H3. The lowest BCUT2D eigenvalue weighted by Gasteiger charge is -2.38. The molecular weight excluding hydrogens is 394 g/mol. The summed E-state index contributed by atoms with van der Waals surface area (Å²) in [5.74, 6) is -2.66. The number of fused-ring (bicyclic) bond motifs is 1. The van der Waals surface area contributed by atoms with Gasteiger partial charge in [0.15, 0.2) is 0 Å². The van der Waals surface area contributed by atoms with Crippen LogP contribution in [0.2, 0.25) is 0 Å². The number of carbonyl (C=O) groups is 3. The fourth-order valence-corrected chi connectivity index (χ4v) is 4.70. The smallest absolute Gasteiger partial charge is 0.313 e. The van der Waals surface area contributed by atoms with Crippen LogP contribution in [-0.4, -0.2) is 23.9 Å². The number of benzene rings is 2. The van der Waals surface area contributed by atoms with Crippen molar-refractivity contribution < 1.29 is 23.9 Å². The Morgan fingerprint density at radius 3 is 2.00 bits per heavy atom. The van der Waals surface area contributed by atoms with Crippen molar-refractivity contribution in [1.82, 2.24) is 0 Å². The van der Waals surface area contributed by atoms with E-state index in [1.54, 1.807) is 11.0 Å². The third-order valence-electron chi connectivity index (χ3n) is 6.07. The number of ether oxygens (including phenoxy) is 2. The monoisotopic (exact) mass is 419 g/mol. The van der Waals surface area contributed by atoms with E-state index in [2.05, 4.69) is 0 Å². The number of anilines is 2. The van der Waals surface area contributed by atoms with Gasteiger partial charge in [0.1, 0.15) is 11.9 Å². The van der Waals surface area contributed by atoms with Crippen LogP contribution in [0.5, 0.6) is 0 Å². The number of hydrogen-bond acceptors (Lipinski definition) is 5. The maximum atomic E-state index is 14.1. The van der Waals surface area contributed by atoms with Crippen molar-refractivity contribution in [1.29, 1.82) is 0 Å². The Kier molecular flexibility index (Phi) is 5.63. The summed E-state index contributed by atoms with van der Waals surface area (Å²) in [6.07, 6.45) is 1.24. The van der Waals surface area contributed by atoms with Crippen LogP contribution in [0.15, 0.2) is 72.5 Å². The highest BCUT2D eigenvalue weighted by Crippen LogP contribution is 2.47. The summed E-state index contributed by atoms with van der Waals surface area (Å²) in [4.78, 5) is 40.0. The third kappa shape index (κ3) is 3.85. The van der Waals surface area contributed by atoms with Crippen LogP contribution in [0.25, 0.3) is 0 Å². The summed E-state index contributed by atoms with van der Waals surface area (Å²) >= 11 is 0. The Morgan fingerprint density at radius 2 is 1.48 bits per heavy atom. The second-order valence-corrected chi connectivity index (χ2v) is 8.07. The zero-order valence-corrected chi connectivity index (χ0v) is 17.7. The van der Waals surface area contributed by atoms with E-state index >= 15 is 0 Å². The molecule has 5 unspecified atom stereocenters. The molecule has 0 N–H and O–H groups in total. The fourth-order valence-electron chi connectivity index (χ4n) is 4.70. The summed E-state index contributed by atoms with van der Waals surface area (Å²) in [5, 5.41) is 0. The molecule has 2 aromatic rings. The highest BCUT2D eigenvalue weighted by Gasteiger charge is 2.54. The lowest BCUT2D eigenvalue weighted by Crippen LogP contribution is -2.46. The molecule has 0 bridgehead atoms. The second kappa shape index (κ2) is 8.38. The van der Waals surface area contributed by atoms with Gasteiger partial charge in [0.25, 0.3) is 0 Å². The Morgan fingerprint density at radius 1 is 0.935 bits per heavy atom. The van der Waals surface area contributed by atoms with Crippen molar-refractivity contribution in [3.63, 3.8) is 0 Å². The first-order valence-electron chi connectivity index (χ1n) is 10.4. The van der Waals surface area contributed by atoms with Crippen molar-refractivity contribution in [2.45, 2.75) is 26.9 Å². The van der Waals surface area contributed by atoms with Crippen molar-refractivity contribution >= 4 is 29.2 Å². The minimum Gasteiger partial charge on any atom is -0.462 e. The molecule has 0 radical (unpaired) electrons. The lowest BCUT2D eigenvalue weighted by atomic mass is 9.68. The highest BCUT2D eigenvalue weighted by molar-refractivity contribution is 6.03. The average molecular weight is 419 g/mol. The van der Waals surface area contributed by atoms with E-state index in [1.807, 2.05) is 74.5 Å². The molecule has 0 saturated carbocycles. The normalized spacial score (nSPS) is 27.0. The topological polar surface area (TPSA) is 72.9 Å². The number of amides is 1. The number of para-hydroxylation sites is 2. The van der Waals surface area contributed by atoms with Crippen molar-refractivity contribution in [3.05, 3.63) is 72.5 Å². The van der Waals surface area contributed by atoms with Gasteiger partial charge < -0.3 is 9.47 Å². The molecule has 2 aliphatic rings. The largest absolute Gasteiger partial charge is 0.462 e. The minimum atomic E-state index is -0.622. The van der Waals surface area contributed by atoms with Gasteiger partial charge in [0.05, 0.1) is 11.8 Å². The summed E-state index contributed by atoms with van der Waals surface area (Å²) in [6, 6.07) is 18.8. The number of carbonyl (C=O) groups excluding carboxylic acids is 3. The maximum absolute atomic E-state index is 14.1.